The number of anilines is 2. The van der Waals surface area contributed by atoms with Crippen LogP contribution < -0.4 is 36.8 Å². The van der Waals surface area contributed by atoms with Crippen LogP contribution >= 0.6 is 22.4 Å². The number of nitrogens with two attached hydrogens (primary N) is 1. The summed E-state index contributed by atoms with van der Waals surface area (Å²) in [6.45, 7) is 6.07. The molecule has 8 rings (SSSR count). The summed E-state index contributed by atoms with van der Waals surface area (Å²) in [6.07, 6.45) is 0.817. The van der Waals surface area contributed by atoms with Crippen molar-refractivity contribution < 1.29 is 83.4 Å². The first-order chi connectivity index (χ1) is 40.0. The van der Waals surface area contributed by atoms with Gasteiger partial charge in [-0.05, 0) is 86.9 Å². The molecule has 2 aromatic heterocycles. The van der Waals surface area contributed by atoms with E-state index in [0.717, 1.165) is 74.5 Å². The fourth-order valence-corrected chi connectivity index (χ4v) is 14.5. The van der Waals surface area contributed by atoms with Crippen molar-refractivity contribution in [1.82, 2.24) is 34.7 Å². The maximum atomic E-state index is 13.1. The number of aliphatic hydroxyl groups excluding tert-OH is 1. The van der Waals surface area contributed by atoms with Gasteiger partial charge in [-0.15, -0.1) is 0 Å². The van der Waals surface area contributed by atoms with Crippen LogP contribution in [0.3, 0.4) is 0 Å². The minimum Gasteiger partial charge on any atom is -0.456 e. The minimum absolute atomic E-state index is 0.0792. The lowest BCUT2D eigenvalue weighted by molar-refractivity contribution is -0.121. The number of aliphatic hydroxyl groups is 1. The number of fused-ring (bicyclic) bond motifs is 3. The molecule has 2 unspecified atom stereocenters. The molecule has 4 aliphatic rings. The van der Waals surface area contributed by atoms with Gasteiger partial charge in [-0.1, -0.05) is 62.8 Å². The van der Waals surface area contributed by atoms with E-state index in [-0.39, 0.29) is 47.4 Å². The number of carbonyl (C=O) groups excluding carboxylic acids is 2. The number of nitrogen functional groups attached to an aromatic ring is 1. The van der Waals surface area contributed by atoms with Crippen LogP contribution in [0, 0.1) is 6.92 Å². The predicted molar refractivity (Wildman–Crippen MR) is 314 cm³/mol. The molecule has 85 heavy (non-hydrogen) atoms. The highest BCUT2D eigenvalue weighted by Crippen LogP contribution is 2.66. The number of aromatic nitrogens is 4. The lowest BCUT2D eigenvalue weighted by Gasteiger charge is -2.27. The molecule has 458 valence electrons. The lowest BCUT2D eigenvalue weighted by Crippen LogP contribution is -2.42. The minimum atomic E-state index is -5.72. The molecule has 0 spiro atoms. The van der Waals surface area contributed by atoms with Crippen LogP contribution in [0.15, 0.2) is 105 Å². The fraction of sp³-hybridized carbons (Fsp3) is 0.385. The molecule has 2 aromatic carbocycles. The topological polar surface area (TPSA) is 403 Å². The van der Waals surface area contributed by atoms with E-state index in [2.05, 4.69) is 87.5 Å². The van der Waals surface area contributed by atoms with Gasteiger partial charge in [-0.2, -0.15) is 17.7 Å². The fourth-order valence-electron chi connectivity index (χ4n) is 10.2. The Kier molecular flexibility index (Phi) is 20.1. The zero-order chi connectivity index (χ0) is 61.8. The average molecular weight is 1280 g/mol. The van der Waals surface area contributed by atoms with Gasteiger partial charge < -0.3 is 59.8 Å². The van der Waals surface area contributed by atoms with Crippen LogP contribution in [0.4, 0.5) is 16.4 Å². The van der Waals surface area contributed by atoms with Crippen molar-refractivity contribution in [1.29, 1.82) is 0 Å². The molecule has 5 heterocycles. The van der Waals surface area contributed by atoms with E-state index in [1.807, 2.05) is 69.3 Å². The molecular formula is C52H65N9O19P3S2+. The van der Waals surface area contributed by atoms with Gasteiger partial charge in [-0.3, -0.25) is 28.2 Å². The normalized spacial score (nSPS) is 19.8. The molecule has 28 nitrogen and oxygen atoms in total. The summed E-state index contributed by atoms with van der Waals surface area (Å²) in [5.74, 6) is 0.783. The Morgan fingerprint density at radius 2 is 1.69 bits per heavy atom. The molecule has 11 N–H and O–H groups in total. The molecule has 33 heteroatoms. The summed E-state index contributed by atoms with van der Waals surface area (Å²) >= 11 is 4.10. The highest BCUT2D eigenvalue weighted by molar-refractivity contribution is 8.08. The molecule has 1 aliphatic carbocycles. The first kappa shape index (κ1) is 64.7. The predicted octanol–water partition coefficient (Wildman–Crippen LogP) is 5.32. The van der Waals surface area contributed by atoms with Gasteiger partial charge in [0.15, 0.2) is 23.5 Å². The van der Waals surface area contributed by atoms with E-state index >= 15 is 0 Å². The van der Waals surface area contributed by atoms with Gasteiger partial charge in [0.25, 0.3) is 15.7 Å². The van der Waals surface area contributed by atoms with E-state index in [1.165, 1.54) is 12.1 Å². The van der Waals surface area contributed by atoms with E-state index in [4.69, 9.17) is 24.1 Å². The quantitative estimate of drug-likeness (QED) is 0.0159. The second-order valence-corrected chi connectivity index (χ2v) is 27.5. The zero-order valence-corrected chi connectivity index (χ0v) is 50.8. The monoisotopic (exact) mass is 1280 g/mol. The Bertz CT molecular complexity index is 3920. The van der Waals surface area contributed by atoms with Crippen LogP contribution in [-0.4, -0.2) is 127 Å². The van der Waals surface area contributed by atoms with Crippen molar-refractivity contribution in [2.24, 2.45) is 0 Å². The molecule has 2 amide bonds. The van der Waals surface area contributed by atoms with Crippen molar-refractivity contribution in [3.8, 4) is 22.6 Å². The number of alkyl carbamates (subject to hydrolysis) is 1. The van der Waals surface area contributed by atoms with Crippen LogP contribution in [-0.2, 0) is 63.9 Å². The largest absolute Gasteiger partial charge is 0.488 e. The third-order valence-electron chi connectivity index (χ3n) is 14.2. The molecule has 0 bridgehead atoms. The van der Waals surface area contributed by atoms with E-state index < -0.39 is 80.7 Å². The molecule has 1 saturated heterocycles. The summed E-state index contributed by atoms with van der Waals surface area (Å²) in [7, 11) is -15.9. The third-order valence-corrected chi connectivity index (χ3v) is 19.4. The number of nitrogens with one attached hydrogen (secondary N) is 3. The number of hydrogen-bond donors (Lipinski definition) is 10. The third kappa shape index (κ3) is 15.5. The van der Waals surface area contributed by atoms with E-state index in [0.29, 0.717) is 31.4 Å². The standard InChI is InChI=1S/C52H64N9O19P3S2/c1-6-59(7-2)33-20-22-36-35(31(3)45(76-39(36)27-33)32-15-10-8-11-16-32)17-14-18-41-52(4,5)37-28-34(85(72,73)74)21-23-38(37)60(41)26-13-9-12-19-42(62)54-24-25-55-51(65)78-46-40(29-75-81(66,67)79-82(68,69)80-83(70,71)84)77-49(44(46)63)61-30-56-43-47(61)57-50(53)58-48(43)64/h8,10-11,14-18,20-23,27-28,30,40,44,46,49,63H,6-7,9,12-13,19,24-26,29H2,1-5H3,(H9-,53,54,55,57,58,62,64,65,66,67,68,69,70,71,72,73,74,84)/p+1/t40-,44-,46-,49-/m1/s1. The van der Waals surface area contributed by atoms with Gasteiger partial charge in [-0.25, -0.2) is 27.8 Å². The first-order valence-corrected chi connectivity index (χ1v) is 33.6. The van der Waals surface area contributed by atoms with Gasteiger partial charge in [0, 0.05) is 65.6 Å². The number of aromatic amines is 1. The van der Waals surface area contributed by atoms with Crippen molar-refractivity contribution in [2.45, 2.75) is 95.2 Å². The SMILES string of the molecule is CC[N+](CC)=c1ccc2c(/C=C/C=C3/N(CCCCCC(=O)NCCNC(=O)O[C@H]4[C@@H](O)[C@H](n5cnc6c(=O)[nH]c(N)nc65)O[C@@H]4COP(=O)(O)OP(=O)(O)OP(O)(O)=S)c4ccc(S(=O)(=O)O)cc4C3(C)C)c(C)c(-c3ccccc3)oc-2c1. The van der Waals surface area contributed by atoms with Gasteiger partial charge in [0.1, 0.15) is 36.8 Å². The number of amides is 2. The summed E-state index contributed by atoms with van der Waals surface area (Å²) in [6, 6.07) is 20.7. The summed E-state index contributed by atoms with van der Waals surface area (Å²) in [5, 5.41) is 17.5. The highest BCUT2D eigenvalue weighted by atomic mass is 32.5. The summed E-state index contributed by atoms with van der Waals surface area (Å²) in [5.41, 5.74) is 9.90. The molecule has 0 radical (unpaired) electrons. The molecule has 6 atom stereocenters. The maximum absolute atomic E-state index is 13.1. The number of nitrogens with zero attached hydrogens (tertiary/aromatic N) is 5. The Morgan fingerprint density at radius 3 is 2.39 bits per heavy atom. The summed E-state index contributed by atoms with van der Waals surface area (Å²) < 4.78 is 93.4. The molecule has 4 aromatic rings. The molecule has 3 aliphatic heterocycles. The van der Waals surface area contributed by atoms with Gasteiger partial charge in [0.05, 0.1) is 23.9 Å². The second-order valence-electron chi connectivity index (χ2n) is 20.2. The Morgan fingerprint density at radius 1 is 0.976 bits per heavy atom. The maximum Gasteiger partial charge on any atom is 0.488 e. The Balaban J connectivity index is 0.896. The lowest BCUT2D eigenvalue weighted by atomic mass is 9.83. The number of ether oxygens (including phenoxy) is 2. The highest BCUT2D eigenvalue weighted by Gasteiger charge is 2.50. The number of phosphoric ester groups is 1. The smallest absolute Gasteiger partial charge is 0.456 e. The van der Waals surface area contributed by atoms with Gasteiger partial charge in [0.2, 0.25) is 17.2 Å². The Hall–Kier alpha value is -6.30. The van der Waals surface area contributed by atoms with Crippen LogP contribution in [0.2, 0.25) is 0 Å². The molecule has 1 fully saturated rings. The second kappa shape index (κ2) is 26.4. The first-order valence-electron chi connectivity index (χ1n) is 26.6. The number of hydrogen-bond acceptors (Lipinski definition) is 19. The molecular weight excluding hydrogens is 1210 g/mol. The number of carbonyl (C=O) groups is 2. The number of phosphoric acid groups is 2. The average Bonchev–Trinajstić information content (AvgIpc) is 4.22. The van der Waals surface area contributed by atoms with Crippen molar-refractivity contribution in [3.63, 3.8) is 0 Å². The van der Waals surface area contributed by atoms with Crippen molar-refractivity contribution in [2.75, 3.05) is 50.0 Å². The van der Waals surface area contributed by atoms with E-state index in [1.54, 1.807) is 6.07 Å². The number of imidazole rings is 1. The summed E-state index contributed by atoms with van der Waals surface area (Å²) in [4.78, 5) is 89.0. The van der Waals surface area contributed by atoms with Crippen LogP contribution in [0.1, 0.15) is 76.3 Å². The zero-order valence-electron chi connectivity index (χ0n) is 46.5. The number of rotatable bonds is 24. The Labute approximate surface area is 492 Å². The van der Waals surface area contributed by atoms with Crippen LogP contribution in [0.25, 0.3) is 39.9 Å². The number of H-pyrrole nitrogens is 1. The van der Waals surface area contributed by atoms with E-state index in [9.17, 15) is 61.2 Å². The van der Waals surface area contributed by atoms with Crippen molar-refractivity contribution >= 4 is 85.2 Å². The van der Waals surface area contributed by atoms with Crippen molar-refractivity contribution in [3.05, 3.63) is 123 Å². The van der Waals surface area contributed by atoms with Crippen LogP contribution in [0.5, 0.6) is 0 Å². The number of allylic oxidation sites excluding steroid dienone is 3. The number of benzene rings is 3. The number of unbranched alkanes of at least 4 members (excludes halogenated alkanes) is 2. The van der Waals surface area contributed by atoms with Gasteiger partial charge >= 0.3 is 28.5 Å². The molecule has 0 saturated carbocycles.